The van der Waals surface area contributed by atoms with Gasteiger partial charge in [-0.25, -0.2) is 0 Å². The van der Waals surface area contributed by atoms with Crippen LogP contribution in [0, 0.1) is 0 Å². The minimum atomic E-state index is -1.04. The summed E-state index contributed by atoms with van der Waals surface area (Å²) in [7, 11) is 0. The minimum Gasteiger partial charge on any atom is -0.350 e. The average Bonchev–Trinajstić information content (AvgIpc) is 3.24. The highest BCUT2D eigenvalue weighted by atomic mass is 32.2. The maximum Gasteiger partial charge on any atom is 0.271 e. The number of fused-ring (bicyclic) bond motifs is 3. The van der Waals surface area contributed by atoms with Crippen LogP contribution in [0.3, 0.4) is 0 Å². The average molecular weight is 470 g/mol. The van der Waals surface area contributed by atoms with Gasteiger partial charge in [0.25, 0.3) is 5.91 Å². The third kappa shape index (κ3) is 3.99. The third-order valence-corrected chi connectivity index (χ3v) is 7.36. The van der Waals surface area contributed by atoms with Crippen molar-refractivity contribution in [1.29, 1.82) is 0 Å². The van der Waals surface area contributed by atoms with Gasteiger partial charge in [0.1, 0.15) is 11.2 Å². The van der Waals surface area contributed by atoms with E-state index in [0.717, 1.165) is 26.9 Å². The first-order valence-electron chi connectivity index (χ1n) is 11.3. The van der Waals surface area contributed by atoms with Crippen molar-refractivity contribution in [3.63, 3.8) is 0 Å². The van der Waals surface area contributed by atoms with Gasteiger partial charge in [-0.05, 0) is 48.6 Å². The molecule has 0 bridgehead atoms. The summed E-state index contributed by atoms with van der Waals surface area (Å²) in [5, 5.41) is 4.09. The Labute approximate surface area is 203 Å². The number of rotatable bonds is 6. The van der Waals surface area contributed by atoms with Gasteiger partial charge in [0.05, 0.1) is 6.54 Å². The number of aromatic nitrogens is 1. The van der Waals surface area contributed by atoms with Gasteiger partial charge in [0, 0.05) is 28.9 Å². The number of hydrogen-bond donors (Lipinski definition) is 1. The Morgan fingerprint density at radius 1 is 0.971 bits per heavy atom. The molecule has 0 radical (unpaired) electrons. The summed E-state index contributed by atoms with van der Waals surface area (Å²) in [5.74, 6) is -0.289. The van der Waals surface area contributed by atoms with Gasteiger partial charge in [-0.1, -0.05) is 60.7 Å². The first-order valence-corrected chi connectivity index (χ1v) is 12.6. The normalized spacial score (nSPS) is 17.6. The van der Waals surface area contributed by atoms with E-state index in [1.54, 1.807) is 16.7 Å². The standard InChI is InChI=1S/C28H27N3O2S/c1-28(27(33)29-17-20-8-4-3-5-9-20)19-30-24-11-7-6-10-22(24)16-25(30)26(32)31(28)18-21-12-14-23(34-2)15-13-21/h3-16H,17-19H2,1-2H3,(H,29,33)/t28-/m1/s1. The van der Waals surface area contributed by atoms with Crippen LogP contribution in [0.15, 0.2) is 89.8 Å². The van der Waals surface area contributed by atoms with E-state index in [2.05, 4.69) is 17.4 Å². The molecule has 3 aromatic carbocycles. The molecule has 34 heavy (non-hydrogen) atoms. The van der Waals surface area contributed by atoms with E-state index in [4.69, 9.17) is 0 Å². The van der Waals surface area contributed by atoms with Crippen LogP contribution in [0.4, 0.5) is 0 Å². The second-order valence-corrected chi connectivity index (χ2v) is 9.74. The lowest BCUT2D eigenvalue weighted by Crippen LogP contribution is -2.63. The Kier molecular flexibility index (Phi) is 5.92. The van der Waals surface area contributed by atoms with Gasteiger partial charge >= 0.3 is 0 Å². The highest BCUT2D eigenvalue weighted by molar-refractivity contribution is 7.98. The van der Waals surface area contributed by atoms with Crippen molar-refractivity contribution in [3.8, 4) is 0 Å². The first-order chi connectivity index (χ1) is 16.5. The molecule has 0 aliphatic carbocycles. The van der Waals surface area contributed by atoms with Crippen molar-refractivity contribution in [1.82, 2.24) is 14.8 Å². The van der Waals surface area contributed by atoms with Gasteiger partial charge in [-0.2, -0.15) is 0 Å². The van der Waals surface area contributed by atoms with E-state index >= 15 is 0 Å². The lowest BCUT2D eigenvalue weighted by molar-refractivity contribution is -0.133. The van der Waals surface area contributed by atoms with Crippen molar-refractivity contribution in [3.05, 3.63) is 102 Å². The molecule has 5 nitrogen and oxygen atoms in total. The van der Waals surface area contributed by atoms with Crippen LogP contribution in [0.25, 0.3) is 10.9 Å². The van der Waals surface area contributed by atoms with Crippen molar-refractivity contribution in [2.24, 2.45) is 0 Å². The molecule has 5 rings (SSSR count). The molecular weight excluding hydrogens is 442 g/mol. The number of carbonyl (C=O) groups excluding carboxylic acids is 2. The quantitative estimate of drug-likeness (QED) is 0.400. The monoisotopic (exact) mass is 469 g/mol. The molecule has 4 aromatic rings. The second-order valence-electron chi connectivity index (χ2n) is 8.86. The third-order valence-electron chi connectivity index (χ3n) is 6.62. The number of nitrogens with one attached hydrogen (secondary N) is 1. The van der Waals surface area contributed by atoms with Crippen LogP contribution < -0.4 is 5.32 Å². The van der Waals surface area contributed by atoms with Crippen LogP contribution in [0.2, 0.25) is 0 Å². The molecule has 1 aliphatic heterocycles. The van der Waals surface area contributed by atoms with E-state index in [1.807, 2.05) is 90.5 Å². The van der Waals surface area contributed by atoms with E-state index in [0.29, 0.717) is 25.3 Å². The molecule has 0 fully saturated rings. The Balaban J connectivity index is 1.52. The summed E-state index contributed by atoms with van der Waals surface area (Å²) in [6.45, 7) is 3.05. The molecule has 1 aliphatic rings. The highest BCUT2D eigenvalue weighted by Crippen LogP contribution is 2.33. The Morgan fingerprint density at radius 2 is 1.68 bits per heavy atom. The Bertz CT molecular complexity index is 1350. The SMILES string of the molecule is CSc1ccc(CN2C(=O)c3cc4ccccc4n3C[C@]2(C)C(=O)NCc2ccccc2)cc1. The van der Waals surface area contributed by atoms with Gasteiger partial charge in [-0.3, -0.25) is 9.59 Å². The number of para-hydroxylation sites is 1. The smallest absolute Gasteiger partial charge is 0.271 e. The van der Waals surface area contributed by atoms with E-state index in [-0.39, 0.29) is 11.8 Å². The van der Waals surface area contributed by atoms with Gasteiger partial charge < -0.3 is 14.8 Å². The molecule has 172 valence electrons. The summed E-state index contributed by atoms with van der Waals surface area (Å²) in [5.41, 5.74) is 2.57. The summed E-state index contributed by atoms with van der Waals surface area (Å²) in [4.78, 5) is 30.4. The summed E-state index contributed by atoms with van der Waals surface area (Å²) in [6, 6.07) is 27.9. The molecule has 0 spiro atoms. The fraction of sp³-hybridized carbons (Fsp3) is 0.214. The first kappa shape index (κ1) is 22.3. The Morgan fingerprint density at radius 3 is 2.41 bits per heavy atom. The van der Waals surface area contributed by atoms with Crippen LogP contribution >= 0.6 is 11.8 Å². The zero-order chi connectivity index (χ0) is 23.7. The molecule has 0 saturated heterocycles. The van der Waals surface area contributed by atoms with Crippen LogP contribution in [-0.4, -0.2) is 33.1 Å². The molecular formula is C28H27N3O2S. The highest BCUT2D eigenvalue weighted by Gasteiger charge is 2.47. The molecule has 2 heterocycles. The van der Waals surface area contributed by atoms with E-state index in [9.17, 15) is 9.59 Å². The fourth-order valence-electron chi connectivity index (χ4n) is 4.64. The maximum atomic E-state index is 13.8. The topological polar surface area (TPSA) is 54.3 Å². The van der Waals surface area contributed by atoms with Gasteiger partial charge in [0.15, 0.2) is 0 Å². The van der Waals surface area contributed by atoms with Gasteiger partial charge in [-0.15, -0.1) is 11.8 Å². The molecule has 2 amide bonds. The maximum absolute atomic E-state index is 13.8. The second kappa shape index (κ2) is 9.03. The number of thioether (sulfide) groups is 1. The minimum absolute atomic E-state index is 0.131. The van der Waals surface area contributed by atoms with Crippen LogP contribution in [-0.2, 0) is 24.4 Å². The van der Waals surface area contributed by atoms with Crippen molar-refractivity contribution in [2.75, 3.05) is 6.26 Å². The fourth-order valence-corrected chi connectivity index (χ4v) is 5.04. The van der Waals surface area contributed by atoms with Gasteiger partial charge in [0.2, 0.25) is 5.91 Å². The molecule has 0 unspecified atom stereocenters. The predicted octanol–water partition coefficient (Wildman–Crippen LogP) is 5.09. The summed E-state index contributed by atoms with van der Waals surface area (Å²) in [6.07, 6.45) is 2.04. The number of benzene rings is 3. The summed E-state index contributed by atoms with van der Waals surface area (Å²) >= 11 is 1.68. The number of amides is 2. The van der Waals surface area contributed by atoms with E-state index in [1.165, 1.54) is 0 Å². The predicted molar refractivity (Wildman–Crippen MR) is 137 cm³/mol. The molecule has 1 aromatic heterocycles. The zero-order valence-corrected chi connectivity index (χ0v) is 20.1. The number of nitrogens with zero attached hydrogens (tertiary/aromatic N) is 2. The lowest BCUT2D eigenvalue weighted by Gasteiger charge is -2.44. The molecule has 1 N–H and O–H groups in total. The summed E-state index contributed by atoms with van der Waals surface area (Å²) < 4.78 is 1.99. The van der Waals surface area contributed by atoms with E-state index < -0.39 is 5.54 Å². The van der Waals surface area contributed by atoms with Crippen molar-refractivity contribution in [2.45, 2.75) is 37.0 Å². The van der Waals surface area contributed by atoms with Crippen molar-refractivity contribution >= 4 is 34.5 Å². The molecule has 0 saturated carbocycles. The lowest BCUT2D eigenvalue weighted by atomic mass is 9.93. The number of hydrogen-bond acceptors (Lipinski definition) is 3. The Hall–Kier alpha value is -3.51. The molecule has 6 heteroatoms. The largest absolute Gasteiger partial charge is 0.350 e. The number of carbonyl (C=O) groups is 2. The van der Waals surface area contributed by atoms with Crippen LogP contribution in [0.5, 0.6) is 0 Å². The van der Waals surface area contributed by atoms with Crippen LogP contribution in [0.1, 0.15) is 28.5 Å². The molecule has 1 atom stereocenters. The van der Waals surface area contributed by atoms with Crippen molar-refractivity contribution < 1.29 is 9.59 Å². The zero-order valence-electron chi connectivity index (χ0n) is 19.3.